The van der Waals surface area contributed by atoms with Crippen LogP contribution in [0, 0.1) is 0 Å². The Morgan fingerprint density at radius 2 is 2.00 bits per heavy atom. The predicted octanol–water partition coefficient (Wildman–Crippen LogP) is 0.694. The van der Waals surface area contributed by atoms with Gasteiger partial charge in [0.15, 0.2) is 0 Å². The number of aliphatic hydroxyl groups excluding tert-OH is 1. The number of epoxide rings is 1. The largest absolute Gasteiger partial charge is 0.508 e. The van der Waals surface area contributed by atoms with Crippen molar-refractivity contribution in [3.05, 3.63) is 29.8 Å². The monoisotopic (exact) mass is 180 g/mol. The summed E-state index contributed by atoms with van der Waals surface area (Å²) >= 11 is 0. The van der Waals surface area contributed by atoms with Gasteiger partial charge in [-0.15, -0.1) is 0 Å². The number of rotatable bonds is 3. The van der Waals surface area contributed by atoms with Gasteiger partial charge < -0.3 is 14.9 Å². The Morgan fingerprint density at radius 1 is 1.38 bits per heavy atom. The van der Waals surface area contributed by atoms with E-state index >= 15 is 0 Å². The fraction of sp³-hybridized carbons (Fsp3) is 0.400. The fourth-order valence-corrected chi connectivity index (χ4v) is 1.28. The van der Waals surface area contributed by atoms with Gasteiger partial charge in [-0.25, -0.2) is 0 Å². The van der Waals surface area contributed by atoms with Gasteiger partial charge in [0.05, 0.1) is 12.7 Å². The average Bonchev–Trinajstić information content (AvgIpc) is 2.91. The van der Waals surface area contributed by atoms with Crippen LogP contribution in [-0.2, 0) is 11.2 Å². The molecule has 1 aromatic rings. The summed E-state index contributed by atoms with van der Waals surface area (Å²) in [5, 5.41) is 18.5. The van der Waals surface area contributed by atoms with E-state index in [9.17, 15) is 5.11 Å². The fourth-order valence-electron chi connectivity index (χ4n) is 1.28. The van der Waals surface area contributed by atoms with E-state index < -0.39 is 6.10 Å². The van der Waals surface area contributed by atoms with E-state index in [0.717, 1.165) is 5.56 Å². The Kier molecular flexibility index (Phi) is 2.20. The summed E-state index contributed by atoms with van der Waals surface area (Å²) in [5.74, 6) is 0.251. The third-order valence-electron chi connectivity index (χ3n) is 2.17. The summed E-state index contributed by atoms with van der Waals surface area (Å²) < 4.78 is 4.97. The van der Waals surface area contributed by atoms with Crippen LogP contribution >= 0.6 is 0 Å². The molecule has 1 heterocycles. The molecule has 0 saturated carbocycles. The molecule has 0 spiro atoms. The van der Waals surface area contributed by atoms with Gasteiger partial charge in [-0.3, -0.25) is 0 Å². The van der Waals surface area contributed by atoms with E-state index in [-0.39, 0.29) is 11.9 Å². The molecule has 3 heteroatoms. The summed E-state index contributed by atoms with van der Waals surface area (Å²) in [6.45, 7) is 0.666. The van der Waals surface area contributed by atoms with Gasteiger partial charge in [0.2, 0.25) is 0 Å². The molecule has 13 heavy (non-hydrogen) atoms. The topological polar surface area (TPSA) is 53.0 Å². The zero-order valence-electron chi connectivity index (χ0n) is 7.18. The van der Waals surface area contributed by atoms with Crippen LogP contribution in [0.1, 0.15) is 5.56 Å². The average molecular weight is 180 g/mol. The maximum absolute atomic E-state index is 9.52. The standard InChI is InChI=1S/C10H12O3/c11-8-3-1-7(2-4-8)5-9(12)10-6-13-10/h1-4,9-12H,5-6H2. The maximum atomic E-state index is 9.52. The number of hydrogen-bond donors (Lipinski definition) is 2. The predicted molar refractivity (Wildman–Crippen MR) is 47.6 cm³/mol. The molecule has 2 atom stereocenters. The summed E-state index contributed by atoms with van der Waals surface area (Å²) in [5.41, 5.74) is 1.01. The smallest absolute Gasteiger partial charge is 0.115 e. The van der Waals surface area contributed by atoms with Crippen LogP contribution in [0.2, 0.25) is 0 Å². The van der Waals surface area contributed by atoms with Crippen LogP contribution < -0.4 is 0 Å². The third kappa shape index (κ3) is 2.20. The molecule has 1 fully saturated rings. The molecule has 1 aromatic carbocycles. The lowest BCUT2D eigenvalue weighted by Crippen LogP contribution is -2.17. The number of phenolic OH excluding ortho intramolecular Hbond substituents is 1. The molecule has 1 aliphatic rings. The van der Waals surface area contributed by atoms with Crippen LogP contribution in [0.25, 0.3) is 0 Å². The number of aliphatic hydroxyl groups is 1. The van der Waals surface area contributed by atoms with E-state index in [1.807, 2.05) is 0 Å². The maximum Gasteiger partial charge on any atom is 0.115 e. The van der Waals surface area contributed by atoms with Crippen molar-refractivity contribution in [2.24, 2.45) is 0 Å². The molecule has 70 valence electrons. The molecule has 0 radical (unpaired) electrons. The minimum Gasteiger partial charge on any atom is -0.508 e. The zero-order chi connectivity index (χ0) is 9.26. The van der Waals surface area contributed by atoms with Gasteiger partial charge in [-0.1, -0.05) is 12.1 Å². The molecule has 1 saturated heterocycles. The first-order valence-electron chi connectivity index (χ1n) is 4.33. The van der Waals surface area contributed by atoms with Crippen LogP contribution in [-0.4, -0.2) is 29.0 Å². The van der Waals surface area contributed by atoms with Gasteiger partial charge >= 0.3 is 0 Å². The SMILES string of the molecule is Oc1ccc(CC(O)C2CO2)cc1. The Labute approximate surface area is 76.6 Å². The van der Waals surface area contributed by atoms with Crippen molar-refractivity contribution in [3.63, 3.8) is 0 Å². The molecule has 0 aliphatic carbocycles. The summed E-state index contributed by atoms with van der Waals surface area (Å²) in [4.78, 5) is 0. The number of benzene rings is 1. The molecule has 0 aromatic heterocycles. The summed E-state index contributed by atoms with van der Waals surface area (Å²) in [7, 11) is 0. The summed E-state index contributed by atoms with van der Waals surface area (Å²) in [6, 6.07) is 6.85. The molecule has 2 N–H and O–H groups in total. The highest BCUT2D eigenvalue weighted by molar-refractivity contribution is 5.26. The molecule has 2 unspecified atom stereocenters. The lowest BCUT2D eigenvalue weighted by atomic mass is 10.1. The van der Waals surface area contributed by atoms with Gasteiger partial charge in [0.25, 0.3) is 0 Å². The minimum atomic E-state index is -0.412. The first-order valence-corrected chi connectivity index (χ1v) is 4.33. The van der Waals surface area contributed by atoms with Gasteiger partial charge in [0, 0.05) is 6.42 Å². The summed E-state index contributed by atoms with van der Waals surface area (Å²) in [6.07, 6.45) is 0.198. The van der Waals surface area contributed by atoms with Crippen molar-refractivity contribution in [1.82, 2.24) is 0 Å². The van der Waals surface area contributed by atoms with Crippen LogP contribution in [0.15, 0.2) is 24.3 Å². The molecule has 0 amide bonds. The van der Waals surface area contributed by atoms with Crippen molar-refractivity contribution in [1.29, 1.82) is 0 Å². The van der Waals surface area contributed by atoms with Crippen molar-refractivity contribution in [2.45, 2.75) is 18.6 Å². The lowest BCUT2D eigenvalue weighted by molar-refractivity contribution is 0.135. The number of hydrogen-bond acceptors (Lipinski definition) is 3. The Bertz CT molecular complexity index is 277. The molecule has 0 bridgehead atoms. The van der Waals surface area contributed by atoms with Gasteiger partial charge in [0.1, 0.15) is 11.9 Å². The quantitative estimate of drug-likeness (QED) is 0.673. The molecule has 2 rings (SSSR count). The van der Waals surface area contributed by atoms with Crippen molar-refractivity contribution in [2.75, 3.05) is 6.61 Å². The van der Waals surface area contributed by atoms with E-state index in [2.05, 4.69) is 0 Å². The first kappa shape index (κ1) is 8.53. The van der Waals surface area contributed by atoms with Gasteiger partial charge in [-0.2, -0.15) is 0 Å². The molecular formula is C10H12O3. The second-order valence-electron chi connectivity index (χ2n) is 3.31. The second kappa shape index (κ2) is 3.36. The normalized spacial score (nSPS) is 22.7. The molecular weight excluding hydrogens is 168 g/mol. The van der Waals surface area contributed by atoms with Gasteiger partial charge in [-0.05, 0) is 17.7 Å². The number of aromatic hydroxyl groups is 1. The van der Waals surface area contributed by atoms with Crippen molar-refractivity contribution in [3.8, 4) is 5.75 Å². The Hall–Kier alpha value is -1.06. The Balaban J connectivity index is 1.96. The van der Waals surface area contributed by atoms with Crippen LogP contribution in [0.4, 0.5) is 0 Å². The molecule has 3 nitrogen and oxygen atoms in total. The minimum absolute atomic E-state index is 0.0220. The lowest BCUT2D eigenvalue weighted by Gasteiger charge is -2.06. The number of phenols is 1. The second-order valence-corrected chi connectivity index (χ2v) is 3.31. The van der Waals surface area contributed by atoms with E-state index in [4.69, 9.17) is 9.84 Å². The zero-order valence-corrected chi connectivity index (χ0v) is 7.18. The highest BCUT2D eigenvalue weighted by atomic mass is 16.6. The molecule has 1 aliphatic heterocycles. The highest BCUT2D eigenvalue weighted by Gasteiger charge is 2.30. The van der Waals surface area contributed by atoms with Crippen molar-refractivity contribution >= 4 is 0 Å². The van der Waals surface area contributed by atoms with Crippen molar-refractivity contribution < 1.29 is 14.9 Å². The first-order chi connectivity index (χ1) is 6.25. The van der Waals surface area contributed by atoms with Crippen LogP contribution in [0.3, 0.4) is 0 Å². The van der Waals surface area contributed by atoms with E-state index in [0.29, 0.717) is 13.0 Å². The third-order valence-corrected chi connectivity index (χ3v) is 2.17. The van der Waals surface area contributed by atoms with E-state index in [1.165, 1.54) is 0 Å². The highest BCUT2D eigenvalue weighted by Crippen LogP contribution is 2.18. The van der Waals surface area contributed by atoms with Crippen LogP contribution in [0.5, 0.6) is 5.75 Å². The number of ether oxygens (including phenoxy) is 1. The Morgan fingerprint density at radius 3 is 2.54 bits per heavy atom. The van der Waals surface area contributed by atoms with E-state index in [1.54, 1.807) is 24.3 Å².